The molecular formula is C25H22N4O6. The van der Waals surface area contributed by atoms with E-state index in [1.54, 1.807) is 65.2 Å². The van der Waals surface area contributed by atoms with E-state index < -0.39 is 42.0 Å². The standard InChI is InChI=1S/C25H22N4O6/c1-2-18-20(34-24(31)15-9-5-3-6-10-15)21(35-25(32)16-11-7-4-8-12-16)23(33-18)29-14-26-19-17(29)13-27-28-22(19)30/h3-14,18,20-21,23H,2H2,1H3,(H,28,30). The Kier molecular flexibility index (Phi) is 6.11. The predicted octanol–water partition coefficient (Wildman–Crippen LogP) is 2.88. The van der Waals surface area contributed by atoms with Gasteiger partial charge in [-0.15, -0.1) is 0 Å². The first-order valence-corrected chi connectivity index (χ1v) is 11.1. The van der Waals surface area contributed by atoms with Crippen molar-refractivity contribution in [3.8, 4) is 0 Å². The molecule has 3 heterocycles. The lowest BCUT2D eigenvalue weighted by atomic mass is 10.1. The zero-order chi connectivity index (χ0) is 24.4. The summed E-state index contributed by atoms with van der Waals surface area (Å²) in [7, 11) is 0. The Morgan fingerprint density at radius 2 is 1.57 bits per heavy atom. The number of ether oxygens (including phenoxy) is 3. The Morgan fingerprint density at radius 1 is 0.971 bits per heavy atom. The van der Waals surface area contributed by atoms with Gasteiger partial charge in [0.15, 0.2) is 24.0 Å². The maximum absolute atomic E-state index is 13.0. The Balaban J connectivity index is 1.53. The Hall–Kier alpha value is -4.31. The molecule has 10 nitrogen and oxygen atoms in total. The monoisotopic (exact) mass is 474 g/mol. The van der Waals surface area contributed by atoms with Gasteiger partial charge >= 0.3 is 11.9 Å². The van der Waals surface area contributed by atoms with E-state index in [1.165, 1.54) is 12.5 Å². The van der Waals surface area contributed by atoms with Gasteiger partial charge in [0.1, 0.15) is 6.10 Å². The van der Waals surface area contributed by atoms with Crippen molar-refractivity contribution in [2.75, 3.05) is 0 Å². The lowest BCUT2D eigenvalue weighted by Gasteiger charge is -2.25. The van der Waals surface area contributed by atoms with Gasteiger partial charge in [0.25, 0.3) is 5.56 Å². The van der Waals surface area contributed by atoms with E-state index in [4.69, 9.17) is 14.2 Å². The summed E-state index contributed by atoms with van der Waals surface area (Å²) in [5.41, 5.74) is 0.797. The van der Waals surface area contributed by atoms with E-state index in [0.717, 1.165) is 0 Å². The fourth-order valence-corrected chi connectivity index (χ4v) is 4.14. The smallest absolute Gasteiger partial charge is 0.338 e. The van der Waals surface area contributed by atoms with Crippen molar-refractivity contribution >= 4 is 23.0 Å². The van der Waals surface area contributed by atoms with Crippen LogP contribution in [0, 0.1) is 0 Å². The van der Waals surface area contributed by atoms with Crippen LogP contribution in [0.3, 0.4) is 0 Å². The van der Waals surface area contributed by atoms with Gasteiger partial charge in [-0.25, -0.2) is 19.7 Å². The second kappa shape index (κ2) is 9.51. The average molecular weight is 474 g/mol. The molecule has 1 saturated heterocycles. The van der Waals surface area contributed by atoms with Gasteiger partial charge in [-0.05, 0) is 30.7 Å². The summed E-state index contributed by atoms with van der Waals surface area (Å²) < 4.78 is 19.6. The first kappa shape index (κ1) is 22.5. The Bertz CT molecular complexity index is 1400. The van der Waals surface area contributed by atoms with Crippen LogP contribution in [-0.4, -0.2) is 50.0 Å². The van der Waals surface area contributed by atoms with Crippen molar-refractivity contribution in [1.82, 2.24) is 19.7 Å². The second-order valence-electron chi connectivity index (χ2n) is 8.03. The summed E-state index contributed by atoms with van der Waals surface area (Å²) in [6.45, 7) is 1.88. The molecule has 0 spiro atoms. The quantitative estimate of drug-likeness (QED) is 0.423. The zero-order valence-electron chi connectivity index (χ0n) is 18.7. The average Bonchev–Trinajstić information content (AvgIpc) is 3.47. The number of esters is 2. The lowest BCUT2D eigenvalue weighted by Crippen LogP contribution is -2.39. The summed E-state index contributed by atoms with van der Waals surface area (Å²) in [6.07, 6.45) is -0.0659. The van der Waals surface area contributed by atoms with E-state index in [2.05, 4.69) is 15.2 Å². The molecule has 0 aliphatic carbocycles. The first-order chi connectivity index (χ1) is 17.1. The zero-order valence-corrected chi connectivity index (χ0v) is 18.7. The number of fused-ring (bicyclic) bond motifs is 1. The largest absolute Gasteiger partial charge is 0.452 e. The molecule has 178 valence electrons. The molecule has 4 atom stereocenters. The van der Waals surface area contributed by atoms with E-state index in [9.17, 15) is 14.4 Å². The van der Waals surface area contributed by atoms with E-state index >= 15 is 0 Å². The van der Waals surface area contributed by atoms with Crippen LogP contribution in [0.25, 0.3) is 11.0 Å². The summed E-state index contributed by atoms with van der Waals surface area (Å²) in [5.74, 6) is -1.16. The van der Waals surface area contributed by atoms with Crippen molar-refractivity contribution in [2.45, 2.75) is 37.9 Å². The molecule has 0 saturated carbocycles. The number of carbonyl (C=O) groups is 2. The highest BCUT2D eigenvalue weighted by atomic mass is 16.6. The molecule has 35 heavy (non-hydrogen) atoms. The Labute approximate surface area is 199 Å². The normalized spacial score (nSPS) is 21.6. The van der Waals surface area contributed by atoms with Crippen molar-refractivity contribution in [3.05, 3.63) is 94.7 Å². The van der Waals surface area contributed by atoms with Crippen molar-refractivity contribution in [3.63, 3.8) is 0 Å². The molecule has 1 N–H and O–H groups in total. The second-order valence-corrected chi connectivity index (χ2v) is 8.03. The molecule has 4 unspecified atom stereocenters. The maximum Gasteiger partial charge on any atom is 0.338 e. The number of H-pyrrole nitrogens is 1. The SMILES string of the molecule is CCC1OC(n2cnc3c(=O)[nH]ncc32)C(OC(=O)c2ccccc2)C1OC(=O)c1ccccc1. The number of aromatic nitrogens is 4. The fourth-order valence-electron chi connectivity index (χ4n) is 4.14. The van der Waals surface area contributed by atoms with Crippen LogP contribution in [0.4, 0.5) is 0 Å². The van der Waals surface area contributed by atoms with Gasteiger partial charge in [-0.3, -0.25) is 9.36 Å². The van der Waals surface area contributed by atoms with Crippen LogP contribution in [0.15, 0.2) is 78.0 Å². The van der Waals surface area contributed by atoms with Crippen LogP contribution in [0.5, 0.6) is 0 Å². The van der Waals surface area contributed by atoms with Gasteiger partial charge in [-0.1, -0.05) is 43.3 Å². The van der Waals surface area contributed by atoms with Gasteiger partial charge in [0.2, 0.25) is 0 Å². The van der Waals surface area contributed by atoms with Crippen LogP contribution in [0.2, 0.25) is 0 Å². The molecule has 1 aliphatic rings. The van der Waals surface area contributed by atoms with Gasteiger partial charge in [0.05, 0.1) is 29.2 Å². The van der Waals surface area contributed by atoms with Gasteiger partial charge in [0, 0.05) is 0 Å². The third kappa shape index (κ3) is 4.31. The minimum Gasteiger partial charge on any atom is -0.452 e. The number of aromatic amines is 1. The predicted molar refractivity (Wildman–Crippen MR) is 124 cm³/mol. The number of hydrogen-bond donors (Lipinski definition) is 1. The van der Waals surface area contributed by atoms with Crippen LogP contribution in [-0.2, 0) is 14.2 Å². The van der Waals surface area contributed by atoms with Crippen LogP contribution < -0.4 is 5.56 Å². The fraction of sp³-hybridized carbons (Fsp3) is 0.240. The first-order valence-electron chi connectivity index (χ1n) is 11.1. The van der Waals surface area contributed by atoms with Crippen LogP contribution in [0.1, 0.15) is 40.3 Å². The summed E-state index contributed by atoms with van der Waals surface area (Å²) >= 11 is 0. The third-order valence-corrected chi connectivity index (χ3v) is 5.87. The number of rotatable bonds is 6. The number of nitrogens with one attached hydrogen (secondary N) is 1. The number of nitrogens with zero attached hydrogens (tertiary/aromatic N) is 3. The summed E-state index contributed by atoms with van der Waals surface area (Å²) in [5, 5.41) is 6.19. The third-order valence-electron chi connectivity index (χ3n) is 5.87. The highest BCUT2D eigenvalue weighted by Gasteiger charge is 2.50. The molecule has 0 radical (unpaired) electrons. The molecule has 1 aliphatic heterocycles. The molecule has 1 fully saturated rings. The highest BCUT2D eigenvalue weighted by molar-refractivity contribution is 5.90. The van der Waals surface area contributed by atoms with E-state index in [1.807, 2.05) is 6.92 Å². The number of carbonyl (C=O) groups excluding carboxylic acids is 2. The van der Waals surface area contributed by atoms with Gasteiger partial charge in [-0.2, -0.15) is 5.10 Å². The highest BCUT2D eigenvalue weighted by Crippen LogP contribution is 2.37. The number of imidazole rings is 1. The van der Waals surface area contributed by atoms with Crippen molar-refractivity contribution in [1.29, 1.82) is 0 Å². The number of hydrogen-bond acceptors (Lipinski definition) is 8. The lowest BCUT2D eigenvalue weighted by molar-refractivity contribution is -0.0487. The molecule has 4 aromatic rings. The minimum absolute atomic E-state index is 0.162. The number of benzene rings is 2. The topological polar surface area (TPSA) is 125 Å². The molecule has 0 bridgehead atoms. The van der Waals surface area contributed by atoms with Crippen LogP contribution >= 0.6 is 0 Å². The molecule has 2 aromatic carbocycles. The molecule has 10 heteroatoms. The van der Waals surface area contributed by atoms with Gasteiger partial charge < -0.3 is 14.2 Å². The molecule has 5 rings (SSSR count). The molecule has 0 amide bonds. The summed E-state index contributed by atoms with van der Waals surface area (Å²) in [6, 6.07) is 17.0. The van der Waals surface area contributed by atoms with Crippen molar-refractivity contribution in [2.24, 2.45) is 0 Å². The maximum atomic E-state index is 13.0. The summed E-state index contributed by atoms with van der Waals surface area (Å²) in [4.78, 5) is 42.3. The Morgan fingerprint density at radius 3 is 2.17 bits per heavy atom. The molecular weight excluding hydrogens is 452 g/mol. The molecule has 2 aromatic heterocycles. The minimum atomic E-state index is -1.02. The van der Waals surface area contributed by atoms with Crippen molar-refractivity contribution < 1.29 is 23.8 Å². The van der Waals surface area contributed by atoms with E-state index in [0.29, 0.717) is 23.1 Å². The van der Waals surface area contributed by atoms with E-state index in [-0.39, 0.29) is 5.52 Å².